The van der Waals surface area contributed by atoms with Gasteiger partial charge in [0.05, 0.1) is 19.2 Å². The molecule has 1 heterocycles. The van der Waals surface area contributed by atoms with E-state index in [4.69, 9.17) is 5.26 Å². The fraction of sp³-hybridized carbons (Fsp3) is 0.357. The third-order valence-corrected chi connectivity index (χ3v) is 3.14. The van der Waals surface area contributed by atoms with Crippen LogP contribution in [0.25, 0.3) is 0 Å². The first-order valence-electron chi connectivity index (χ1n) is 6.36. The summed E-state index contributed by atoms with van der Waals surface area (Å²) in [6.07, 6.45) is 0.839. The second kappa shape index (κ2) is 6.06. The van der Waals surface area contributed by atoms with E-state index in [0.29, 0.717) is 19.4 Å². The van der Waals surface area contributed by atoms with E-state index in [1.807, 2.05) is 6.07 Å². The number of phenolic OH excluding ortho intramolecular Hbond substituents is 1. The van der Waals surface area contributed by atoms with Gasteiger partial charge >= 0.3 is 0 Å². The Morgan fingerprint density at radius 2 is 1.75 bits per heavy atom. The molecular formula is C14H15N3O3. The number of piperazine rings is 1. The number of aromatic hydroxyl groups is 1. The quantitative estimate of drug-likeness (QED) is 0.650. The van der Waals surface area contributed by atoms with Crippen molar-refractivity contribution in [2.24, 2.45) is 0 Å². The maximum absolute atomic E-state index is 12.0. The number of unbranched alkanes of at least 4 members (excludes halogenated alkanes) is 1. The van der Waals surface area contributed by atoms with E-state index in [2.05, 4.69) is 0 Å². The first-order chi connectivity index (χ1) is 9.61. The van der Waals surface area contributed by atoms with Gasteiger partial charge in [0.2, 0.25) is 11.8 Å². The van der Waals surface area contributed by atoms with Crippen LogP contribution in [0, 0.1) is 11.3 Å². The molecule has 1 saturated heterocycles. The number of nitriles is 1. The van der Waals surface area contributed by atoms with Crippen LogP contribution in [0.15, 0.2) is 24.3 Å². The maximum atomic E-state index is 12.0. The Morgan fingerprint density at radius 1 is 1.15 bits per heavy atom. The zero-order valence-corrected chi connectivity index (χ0v) is 11.0. The normalized spacial score (nSPS) is 15.3. The van der Waals surface area contributed by atoms with Gasteiger partial charge < -0.3 is 10.0 Å². The van der Waals surface area contributed by atoms with Crippen molar-refractivity contribution in [2.45, 2.75) is 12.8 Å². The van der Waals surface area contributed by atoms with Crippen LogP contribution in [0.4, 0.5) is 5.69 Å². The van der Waals surface area contributed by atoms with Crippen LogP contribution in [0.1, 0.15) is 12.8 Å². The van der Waals surface area contributed by atoms with Crippen LogP contribution in [0.3, 0.4) is 0 Å². The fourth-order valence-electron chi connectivity index (χ4n) is 2.10. The molecule has 1 aliphatic rings. The van der Waals surface area contributed by atoms with Crippen molar-refractivity contribution in [2.75, 3.05) is 24.5 Å². The van der Waals surface area contributed by atoms with Gasteiger partial charge in [-0.3, -0.25) is 14.5 Å². The average molecular weight is 273 g/mol. The van der Waals surface area contributed by atoms with Crippen LogP contribution in [-0.2, 0) is 9.59 Å². The number of hydrogen-bond acceptors (Lipinski definition) is 5. The van der Waals surface area contributed by atoms with Crippen molar-refractivity contribution in [1.29, 1.82) is 5.26 Å². The molecular weight excluding hydrogens is 258 g/mol. The number of carbonyl (C=O) groups is 2. The van der Waals surface area contributed by atoms with Gasteiger partial charge in [-0.05, 0) is 30.7 Å². The van der Waals surface area contributed by atoms with Gasteiger partial charge in [-0.25, -0.2) is 0 Å². The van der Waals surface area contributed by atoms with Crippen LogP contribution in [0.2, 0.25) is 0 Å². The van der Waals surface area contributed by atoms with E-state index in [-0.39, 0.29) is 30.7 Å². The molecule has 0 aromatic heterocycles. The van der Waals surface area contributed by atoms with E-state index >= 15 is 0 Å². The minimum absolute atomic E-state index is 0.128. The molecule has 2 amide bonds. The Kier molecular flexibility index (Phi) is 4.20. The molecule has 0 spiro atoms. The summed E-state index contributed by atoms with van der Waals surface area (Å²) >= 11 is 0. The SMILES string of the molecule is N#CCCCN1C(=O)CN(c2ccc(O)cc2)CC1=O. The number of nitrogens with zero attached hydrogens (tertiary/aromatic N) is 3. The summed E-state index contributed by atoms with van der Waals surface area (Å²) in [6, 6.07) is 8.36. The number of hydrogen-bond donors (Lipinski definition) is 1. The minimum Gasteiger partial charge on any atom is -0.508 e. The number of rotatable bonds is 4. The summed E-state index contributed by atoms with van der Waals surface area (Å²) in [5.41, 5.74) is 0.723. The Balaban J connectivity index is 2.02. The molecule has 1 N–H and O–H groups in total. The summed E-state index contributed by atoms with van der Waals surface area (Å²) in [5.74, 6) is -0.374. The Morgan fingerprint density at radius 3 is 2.30 bits per heavy atom. The maximum Gasteiger partial charge on any atom is 0.248 e. The zero-order chi connectivity index (χ0) is 14.5. The van der Waals surface area contributed by atoms with Crippen LogP contribution in [0.5, 0.6) is 5.75 Å². The summed E-state index contributed by atoms with van der Waals surface area (Å²) in [6.45, 7) is 0.556. The van der Waals surface area contributed by atoms with Gasteiger partial charge in [0.1, 0.15) is 5.75 Å². The molecule has 1 fully saturated rings. The highest BCUT2D eigenvalue weighted by atomic mass is 16.3. The first kappa shape index (κ1) is 13.9. The van der Waals surface area contributed by atoms with Gasteiger partial charge in [-0.15, -0.1) is 0 Å². The molecule has 104 valence electrons. The average Bonchev–Trinajstić information content (AvgIpc) is 2.42. The predicted molar refractivity (Wildman–Crippen MR) is 71.9 cm³/mol. The van der Waals surface area contributed by atoms with E-state index < -0.39 is 0 Å². The molecule has 0 aliphatic carbocycles. The largest absolute Gasteiger partial charge is 0.508 e. The predicted octanol–water partition coefficient (Wildman–Crippen LogP) is 0.871. The molecule has 1 aliphatic heterocycles. The number of anilines is 1. The highest BCUT2D eigenvalue weighted by molar-refractivity contribution is 6.02. The van der Waals surface area contributed by atoms with Gasteiger partial charge in [-0.2, -0.15) is 5.26 Å². The molecule has 2 rings (SSSR count). The number of benzene rings is 1. The van der Waals surface area contributed by atoms with Crippen molar-refractivity contribution < 1.29 is 14.7 Å². The van der Waals surface area contributed by atoms with Crippen LogP contribution >= 0.6 is 0 Å². The topological polar surface area (TPSA) is 84.6 Å². The summed E-state index contributed by atoms with van der Waals surface area (Å²) in [5, 5.41) is 17.7. The van der Waals surface area contributed by atoms with Crippen molar-refractivity contribution in [3.63, 3.8) is 0 Å². The fourth-order valence-corrected chi connectivity index (χ4v) is 2.10. The molecule has 20 heavy (non-hydrogen) atoms. The molecule has 0 saturated carbocycles. The molecule has 0 atom stereocenters. The van der Waals surface area contributed by atoms with Crippen molar-refractivity contribution in [1.82, 2.24) is 4.90 Å². The summed E-state index contributed by atoms with van der Waals surface area (Å²) in [7, 11) is 0. The minimum atomic E-state index is -0.257. The van der Waals surface area contributed by atoms with E-state index in [1.165, 1.54) is 17.0 Å². The lowest BCUT2D eigenvalue weighted by molar-refractivity contribution is -0.145. The molecule has 0 unspecified atom stereocenters. The molecule has 6 nitrogen and oxygen atoms in total. The number of imide groups is 1. The second-order valence-corrected chi connectivity index (χ2v) is 4.57. The van der Waals surface area contributed by atoms with Gasteiger partial charge in [0.15, 0.2) is 0 Å². The van der Waals surface area contributed by atoms with E-state index in [1.54, 1.807) is 17.0 Å². The van der Waals surface area contributed by atoms with Gasteiger partial charge in [-0.1, -0.05) is 0 Å². The molecule has 6 heteroatoms. The van der Waals surface area contributed by atoms with Crippen LogP contribution < -0.4 is 4.90 Å². The highest BCUT2D eigenvalue weighted by Gasteiger charge is 2.30. The monoisotopic (exact) mass is 273 g/mol. The lowest BCUT2D eigenvalue weighted by Gasteiger charge is -2.33. The third-order valence-electron chi connectivity index (χ3n) is 3.14. The summed E-state index contributed by atoms with van der Waals surface area (Å²) in [4.78, 5) is 26.8. The number of amides is 2. The number of phenols is 1. The smallest absolute Gasteiger partial charge is 0.248 e. The third kappa shape index (κ3) is 3.06. The first-order valence-corrected chi connectivity index (χ1v) is 6.36. The Hall–Kier alpha value is -2.55. The molecule has 1 aromatic rings. The molecule has 0 radical (unpaired) electrons. The van der Waals surface area contributed by atoms with Gasteiger partial charge in [0, 0.05) is 18.7 Å². The molecule has 0 bridgehead atoms. The Labute approximate surface area is 116 Å². The molecule has 1 aromatic carbocycles. The van der Waals surface area contributed by atoms with E-state index in [9.17, 15) is 14.7 Å². The van der Waals surface area contributed by atoms with Crippen molar-refractivity contribution in [3.8, 4) is 11.8 Å². The Bertz CT molecular complexity index is 530. The standard InChI is InChI=1S/C14H15N3O3/c15-7-1-2-8-17-13(19)9-16(10-14(17)20)11-3-5-12(18)6-4-11/h3-6,18H,1-2,8-10H2. The van der Waals surface area contributed by atoms with Crippen molar-refractivity contribution >= 4 is 17.5 Å². The lowest BCUT2D eigenvalue weighted by Crippen LogP contribution is -2.54. The second-order valence-electron chi connectivity index (χ2n) is 4.57. The number of carbonyl (C=O) groups excluding carboxylic acids is 2. The summed E-state index contributed by atoms with van der Waals surface area (Å²) < 4.78 is 0. The zero-order valence-electron chi connectivity index (χ0n) is 11.0. The van der Waals surface area contributed by atoms with Crippen LogP contribution in [-0.4, -0.2) is 41.5 Å². The highest BCUT2D eigenvalue weighted by Crippen LogP contribution is 2.20. The lowest BCUT2D eigenvalue weighted by atomic mass is 10.2. The van der Waals surface area contributed by atoms with E-state index in [0.717, 1.165) is 5.69 Å². The van der Waals surface area contributed by atoms with Gasteiger partial charge in [0.25, 0.3) is 0 Å². The van der Waals surface area contributed by atoms with Crippen molar-refractivity contribution in [3.05, 3.63) is 24.3 Å².